The first-order chi connectivity index (χ1) is 24.3. The number of rotatable bonds is 36. The SMILES string of the molecule is CCCCC/C=C\C/C=C\C/C=C\C/C=C\CCCC(=O)OC[C@H](COP(=O)(O)O)OC(=O)CCCCCCCCCCCCCCCCC. The number of phosphoric acid groups is 1. The van der Waals surface area contributed by atoms with Crippen molar-refractivity contribution in [2.75, 3.05) is 13.2 Å². The predicted octanol–water partition coefficient (Wildman–Crippen LogP) is 12.0. The lowest BCUT2D eigenvalue weighted by Crippen LogP contribution is -2.29. The van der Waals surface area contributed by atoms with Crippen LogP contribution in [0.5, 0.6) is 0 Å². The summed E-state index contributed by atoms with van der Waals surface area (Å²) in [6, 6.07) is 0. The van der Waals surface area contributed by atoms with Crippen molar-refractivity contribution in [1.29, 1.82) is 0 Å². The second-order valence-corrected chi connectivity index (χ2v) is 14.5. The van der Waals surface area contributed by atoms with Crippen LogP contribution in [0.25, 0.3) is 0 Å². The Hall–Kier alpha value is -1.99. The van der Waals surface area contributed by atoms with Gasteiger partial charge in [-0.1, -0.05) is 165 Å². The molecule has 2 N–H and O–H groups in total. The van der Waals surface area contributed by atoms with Gasteiger partial charge in [-0.25, -0.2) is 4.57 Å². The molecule has 0 spiro atoms. The summed E-state index contributed by atoms with van der Waals surface area (Å²) in [5, 5.41) is 0. The maximum Gasteiger partial charge on any atom is 0.469 e. The van der Waals surface area contributed by atoms with Crippen molar-refractivity contribution >= 4 is 19.8 Å². The van der Waals surface area contributed by atoms with Gasteiger partial charge in [0, 0.05) is 12.8 Å². The molecule has 8 nitrogen and oxygen atoms in total. The summed E-state index contributed by atoms with van der Waals surface area (Å²) in [6.07, 6.45) is 44.1. The molecule has 290 valence electrons. The van der Waals surface area contributed by atoms with Gasteiger partial charge in [0.15, 0.2) is 6.10 Å². The zero-order chi connectivity index (χ0) is 36.8. The van der Waals surface area contributed by atoms with Gasteiger partial charge in [0.05, 0.1) is 6.61 Å². The van der Waals surface area contributed by atoms with E-state index in [9.17, 15) is 14.2 Å². The monoisotopic (exact) mass is 725 g/mol. The van der Waals surface area contributed by atoms with Gasteiger partial charge in [0.25, 0.3) is 0 Å². The number of ether oxygens (including phenoxy) is 2. The van der Waals surface area contributed by atoms with Crippen LogP contribution in [0.3, 0.4) is 0 Å². The molecule has 1 atom stereocenters. The molecule has 0 rings (SSSR count). The minimum absolute atomic E-state index is 0.192. The van der Waals surface area contributed by atoms with Gasteiger partial charge in [-0.2, -0.15) is 0 Å². The first-order valence-corrected chi connectivity index (χ1v) is 21.5. The molecular weight excluding hydrogens is 651 g/mol. The summed E-state index contributed by atoms with van der Waals surface area (Å²) >= 11 is 0. The summed E-state index contributed by atoms with van der Waals surface area (Å²) in [5.41, 5.74) is 0. The zero-order valence-corrected chi connectivity index (χ0v) is 32.7. The third-order valence-electron chi connectivity index (χ3n) is 8.35. The fourth-order valence-corrected chi connectivity index (χ4v) is 5.73. The highest BCUT2D eigenvalue weighted by Crippen LogP contribution is 2.36. The fraction of sp³-hybridized carbons (Fsp3) is 0.756. The van der Waals surface area contributed by atoms with E-state index in [1.165, 1.54) is 96.3 Å². The molecule has 9 heteroatoms. The van der Waals surface area contributed by atoms with Crippen LogP contribution < -0.4 is 0 Å². The Labute approximate surface area is 305 Å². The van der Waals surface area contributed by atoms with Crippen LogP contribution in [0.2, 0.25) is 0 Å². The summed E-state index contributed by atoms with van der Waals surface area (Å²) in [7, 11) is -4.76. The predicted molar refractivity (Wildman–Crippen MR) is 207 cm³/mol. The van der Waals surface area contributed by atoms with Crippen molar-refractivity contribution in [3.05, 3.63) is 48.6 Å². The molecule has 0 aliphatic heterocycles. The van der Waals surface area contributed by atoms with E-state index in [-0.39, 0.29) is 19.4 Å². The van der Waals surface area contributed by atoms with E-state index in [0.717, 1.165) is 44.9 Å². The number of hydrogen-bond acceptors (Lipinski definition) is 6. The van der Waals surface area contributed by atoms with Crippen LogP contribution >= 0.6 is 7.82 Å². The van der Waals surface area contributed by atoms with E-state index < -0.39 is 32.5 Å². The number of allylic oxidation sites excluding steroid dienone is 8. The van der Waals surface area contributed by atoms with Crippen LogP contribution in [-0.4, -0.2) is 41.0 Å². The van der Waals surface area contributed by atoms with Gasteiger partial charge in [0.2, 0.25) is 0 Å². The number of esters is 2. The van der Waals surface area contributed by atoms with Crippen LogP contribution in [0.1, 0.15) is 181 Å². The zero-order valence-electron chi connectivity index (χ0n) is 31.8. The summed E-state index contributed by atoms with van der Waals surface area (Å²) in [6.45, 7) is 3.61. The minimum Gasteiger partial charge on any atom is -0.462 e. The number of carbonyl (C=O) groups is 2. The van der Waals surface area contributed by atoms with Gasteiger partial charge in [0.1, 0.15) is 6.61 Å². The van der Waals surface area contributed by atoms with Crippen LogP contribution in [0.15, 0.2) is 48.6 Å². The lowest BCUT2D eigenvalue weighted by molar-refractivity contribution is -0.161. The molecule has 0 aromatic carbocycles. The molecule has 0 saturated heterocycles. The van der Waals surface area contributed by atoms with Crippen molar-refractivity contribution in [2.45, 2.75) is 187 Å². The van der Waals surface area contributed by atoms with Crippen molar-refractivity contribution in [3.63, 3.8) is 0 Å². The van der Waals surface area contributed by atoms with Gasteiger partial charge in [-0.05, 0) is 51.4 Å². The molecule has 0 unspecified atom stereocenters. The largest absolute Gasteiger partial charge is 0.469 e. The average Bonchev–Trinajstić information content (AvgIpc) is 3.08. The fourth-order valence-electron chi connectivity index (χ4n) is 5.37. The second kappa shape index (κ2) is 36.8. The van der Waals surface area contributed by atoms with Crippen molar-refractivity contribution in [2.24, 2.45) is 0 Å². The molecule has 0 saturated carbocycles. The van der Waals surface area contributed by atoms with Gasteiger partial charge in [-0.15, -0.1) is 0 Å². The van der Waals surface area contributed by atoms with E-state index in [1.807, 2.05) is 6.08 Å². The van der Waals surface area contributed by atoms with Crippen molar-refractivity contribution in [3.8, 4) is 0 Å². The Bertz CT molecular complexity index is 952. The topological polar surface area (TPSA) is 119 Å². The third kappa shape index (κ3) is 38.8. The smallest absolute Gasteiger partial charge is 0.462 e. The number of hydrogen-bond donors (Lipinski definition) is 2. The van der Waals surface area contributed by atoms with Gasteiger partial charge < -0.3 is 19.3 Å². The molecule has 0 fully saturated rings. The Kier molecular flexibility index (Phi) is 35.3. The standard InChI is InChI=1S/C41H73O8P/c1-3-5-7-9-11-13-15-17-19-20-22-23-25-27-29-31-33-35-40(42)47-37-39(38-48-50(44,45)46)49-41(43)36-34-32-30-28-26-24-21-18-16-14-12-10-8-6-4-2/h11,13,17,19,22-23,27,29,39H,3-10,12,14-16,18,20-21,24-26,28,30-38H2,1-2H3,(H2,44,45,46)/b13-11-,19-17-,23-22-,29-27-/t39-/m1/s1. The first kappa shape index (κ1) is 48.0. The molecule has 0 aliphatic carbocycles. The maximum atomic E-state index is 12.4. The highest BCUT2D eigenvalue weighted by Gasteiger charge is 2.22. The summed E-state index contributed by atoms with van der Waals surface area (Å²) < 4.78 is 26.3. The highest BCUT2D eigenvalue weighted by molar-refractivity contribution is 7.46. The quantitative estimate of drug-likeness (QED) is 0.0284. The highest BCUT2D eigenvalue weighted by atomic mass is 31.2. The molecule has 50 heavy (non-hydrogen) atoms. The van der Waals surface area contributed by atoms with E-state index in [0.29, 0.717) is 12.8 Å². The number of carbonyl (C=O) groups excluding carboxylic acids is 2. The van der Waals surface area contributed by atoms with E-state index in [2.05, 4.69) is 60.9 Å². The number of phosphoric ester groups is 1. The Morgan fingerprint density at radius 1 is 0.520 bits per heavy atom. The second-order valence-electron chi connectivity index (χ2n) is 13.3. The van der Waals surface area contributed by atoms with E-state index >= 15 is 0 Å². The molecule has 0 bridgehead atoms. The molecule has 0 aliphatic rings. The molecule has 0 radical (unpaired) electrons. The van der Waals surface area contributed by atoms with Crippen LogP contribution in [0, 0.1) is 0 Å². The molecular formula is C41H73O8P. The minimum atomic E-state index is -4.76. The molecule has 0 aromatic rings. The van der Waals surface area contributed by atoms with Crippen molar-refractivity contribution < 1.29 is 37.9 Å². The van der Waals surface area contributed by atoms with E-state index in [4.69, 9.17) is 19.3 Å². The Morgan fingerprint density at radius 2 is 0.920 bits per heavy atom. The van der Waals surface area contributed by atoms with Gasteiger partial charge in [-0.3, -0.25) is 14.1 Å². The number of unbranched alkanes of at least 4 members (excludes halogenated alkanes) is 18. The van der Waals surface area contributed by atoms with Crippen LogP contribution in [0.4, 0.5) is 0 Å². The lowest BCUT2D eigenvalue weighted by Gasteiger charge is -2.18. The third-order valence-corrected chi connectivity index (χ3v) is 8.84. The maximum absolute atomic E-state index is 12.4. The van der Waals surface area contributed by atoms with Crippen LogP contribution in [-0.2, 0) is 28.2 Å². The van der Waals surface area contributed by atoms with Gasteiger partial charge >= 0.3 is 19.8 Å². The summed E-state index contributed by atoms with van der Waals surface area (Å²) in [4.78, 5) is 42.7. The van der Waals surface area contributed by atoms with E-state index in [1.54, 1.807) is 0 Å². The average molecular weight is 725 g/mol. The Balaban J connectivity index is 4.03. The molecule has 0 amide bonds. The first-order valence-electron chi connectivity index (χ1n) is 19.9. The molecule has 0 heterocycles. The molecule has 0 aromatic heterocycles. The Morgan fingerprint density at radius 3 is 1.40 bits per heavy atom. The normalized spacial score (nSPS) is 13.0. The lowest BCUT2D eigenvalue weighted by atomic mass is 10.0. The summed E-state index contributed by atoms with van der Waals surface area (Å²) in [5.74, 6) is -0.948. The van der Waals surface area contributed by atoms with Crippen molar-refractivity contribution in [1.82, 2.24) is 0 Å².